The van der Waals surface area contributed by atoms with Crippen LogP contribution in [0.5, 0.6) is 5.75 Å². The van der Waals surface area contributed by atoms with E-state index in [2.05, 4.69) is 6.58 Å². The van der Waals surface area contributed by atoms with Crippen molar-refractivity contribution in [1.29, 1.82) is 0 Å². The summed E-state index contributed by atoms with van der Waals surface area (Å²) in [5.41, 5.74) is -0.365. The highest BCUT2D eigenvalue weighted by atomic mass is 19.4. The Morgan fingerprint density at radius 3 is 2.43 bits per heavy atom. The fourth-order valence-corrected chi connectivity index (χ4v) is 1.07. The third-order valence-corrected chi connectivity index (χ3v) is 1.78. The highest BCUT2D eigenvalue weighted by molar-refractivity contribution is 5.57. The Morgan fingerprint density at radius 1 is 1.36 bits per heavy atom. The molecule has 0 saturated carbocycles. The maximum Gasteiger partial charge on any atom is 0.416 e. The summed E-state index contributed by atoms with van der Waals surface area (Å²) in [6, 6.07) is 3.26. The number of methoxy groups -OCH3 is 1. The molecule has 0 aliphatic heterocycles. The Balaban J connectivity index is 3.21. The third-order valence-electron chi connectivity index (χ3n) is 1.78. The van der Waals surface area contributed by atoms with Crippen molar-refractivity contribution in [3.63, 3.8) is 0 Å². The first kappa shape index (κ1) is 10.6. The standard InChI is InChI=1S/C10H9F3O/c1-3-7-6-8(10(11,12)13)4-5-9(7)14-2/h3-6H,1H2,2H3. The summed E-state index contributed by atoms with van der Waals surface area (Å²) >= 11 is 0. The van der Waals surface area contributed by atoms with Crippen molar-refractivity contribution in [3.8, 4) is 5.75 Å². The third kappa shape index (κ3) is 2.07. The fourth-order valence-electron chi connectivity index (χ4n) is 1.07. The first-order valence-corrected chi connectivity index (χ1v) is 3.86. The van der Waals surface area contributed by atoms with Crippen LogP contribution in [0, 0.1) is 0 Å². The van der Waals surface area contributed by atoms with Crippen LogP contribution in [0.25, 0.3) is 6.08 Å². The molecule has 0 unspecified atom stereocenters. The zero-order valence-electron chi connectivity index (χ0n) is 7.56. The molecule has 0 saturated heterocycles. The molecule has 0 aromatic heterocycles. The van der Waals surface area contributed by atoms with E-state index in [9.17, 15) is 13.2 Å². The number of ether oxygens (including phenoxy) is 1. The summed E-state index contributed by atoms with van der Waals surface area (Å²) in [4.78, 5) is 0. The molecular formula is C10H9F3O. The molecule has 0 atom stereocenters. The second-order valence-electron chi connectivity index (χ2n) is 2.66. The van der Waals surface area contributed by atoms with E-state index in [1.165, 1.54) is 19.3 Å². The summed E-state index contributed by atoms with van der Waals surface area (Å²) in [6.45, 7) is 3.42. The predicted octanol–water partition coefficient (Wildman–Crippen LogP) is 3.36. The average molecular weight is 202 g/mol. The second kappa shape index (κ2) is 3.74. The molecule has 1 aromatic carbocycles. The maximum atomic E-state index is 12.3. The van der Waals surface area contributed by atoms with E-state index < -0.39 is 11.7 Å². The van der Waals surface area contributed by atoms with Gasteiger partial charge in [0.25, 0.3) is 0 Å². The van der Waals surface area contributed by atoms with Gasteiger partial charge in [0.05, 0.1) is 12.7 Å². The minimum absolute atomic E-state index is 0.335. The van der Waals surface area contributed by atoms with Gasteiger partial charge in [-0.3, -0.25) is 0 Å². The SMILES string of the molecule is C=Cc1cc(C(F)(F)F)ccc1OC. The number of halogens is 3. The van der Waals surface area contributed by atoms with Crippen LogP contribution >= 0.6 is 0 Å². The maximum absolute atomic E-state index is 12.3. The Bertz CT molecular complexity index is 342. The number of hydrogen-bond acceptors (Lipinski definition) is 1. The van der Waals surface area contributed by atoms with Crippen LogP contribution in [-0.2, 0) is 6.18 Å². The normalized spacial score (nSPS) is 11.1. The van der Waals surface area contributed by atoms with Crippen LogP contribution in [-0.4, -0.2) is 7.11 Å². The van der Waals surface area contributed by atoms with Crippen molar-refractivity contribution < 1.29 is 17.9 Å². The molecule has 0 heterocycles. The van der Waals surface area contributed by atoms with Crippen molar-refractivity contribution in [2.75, 3.05) is 7.11 Å². The number of rotatable bonds is 2. The van der Waals surface area contributed by atoms with Gasteiger partial charge in [0, 0.05) is 5.56 Å². The first-order valence-electron chi connectivity index (χ1n) is 3.86. The summed E-state index contributed by atoms with van der Waals surface area (Å²) < 4.78 is 41.7. The molecule has 1 rings (SSSR count). The van der Waals surface area contributed by atoms with E-state index in [0.29, 0.717) is 11.3 Å². The zero-order valence-corrected chi connectivity index (χ0v) is 7.56. The van der Waals surface area contributed by atoms with E-state index in [1.54, 1.807) is 0 Å². The van der Waals surface area contributed by atoms with Gasteiger partial charge in [-0.15, -0.1) is 0 Å². The lowest BCUT2D eigenvalue weighted by molar-refractivity contribution is -0.137. The molecule has 0 spiro atoms. The van der Waals surface area contributed by atoms with Crippen molar-refractivity contribution in [1.82, 2.24) is 0 Å². The summed E-state index contributed by atoms with van der Waals surface area (Å²) in [5, 5.41) is 0. The van der Waals surface area contributed by atoms with Crippen molar-refractivity contribution in [2.45, 2.75) is 6.18 Å². The smallest absolute Gasteiger partial charge is 0.416 e. The first-order chi connectivity index (χ1) is 6.49. The second-order valence-corrected chi connectivity index (χ2v) is 2.66. The van der Waals surface area contributed by atoms with Gasteiger partial charge in [-0.25, -0.2) is 0 Å². The van der Waals surface area contributed by atoms with Crippen LogP contribution in [0.15, 0.2) is 24.8 Å². The highest BCUT2D eigenvalue weighted by Gasteiger charge is 2.30. The summed E-state index contributed by atoms with van der Waals surface area (Å²) in [5.74, 6) is 0.382. The fraction of sp³-hybridized carbons (Fsp3) is 0.200. The molecule has 76 valence electrons. The average Bonchev–Trinajstić information content (AvgIpc) is 2.15. The van der Waals surface area contributed by atoms with E-state index in [1.807, 2.05) is 0 Å². The van der Waals surface area contributed by atoms with E-state index in [4.69, 9.17) is 4.74 Å². The summed E-state index contributed by atoms with van der Waals surface area (Å²) in [7, 11) is 1.40. The Morgan fingerprint density at radius 2 is 2.00 bits per heavy atom. The number of benzene rings is 1. The molecule has 14 heavy (non-hydrogen) atoms. The molecule has 1 aromatic rings. The van der Waals surface area contributed by atoms with Gasteiger partial charge in [0.1, 0.15) is 5.75 Å². The number of alkyl halides is 3. The van der Waals surface area contributed by atoms with E-state index in [-0.39, 0.29) is 0 Å². The van der Waals surface area contributed by atoms with Gasteiger partial charge in [-0.05, 0) is 18.2 Å². The van der Waals surface area contributed by atoms with Crippen LogP contribution in [0.1, 0.15) is 11.1 Å². The zero-order chi connectivity index (χ0) is 10.8. The van der Waals surface area contributed by atoms with Gasteiger partial charge in [-0.2, -0.15) is 13.2 Å². The van der Waals surface area contributed by atoms with Crippen molar-refractivity contribution in [3.05, 3.63) is 35.9 Å². The topological polar surface area (TPSA) is 9.23 Å². The molecule has 0 fully saturated rings. The molecule has 0 radical (unpaired) electrons. The van der Waals surface area contributed by atoms with E-state index >= 15 is 0 Å². The van der Waals surface area contributed by atoms with Gasteiger partial charge in [0.15, 0.2) is 0 Å². The molecule has 0 amide bonds. The summed E-state index contributed by atoms with van der Waals surface area (Å²) in [6.07, 6.45) is -3.00. The molecule has 1 nitrogen and oxygen atoms in total. The lowest BCUT2D eigenvalue weighted by Crippen LogP contribution is -2.05. The van der Waals surface area contributed by atoms with Gasteiger partial charge < -0.3 is 4.74 Å². The minimum Gasteiger partial charge on any atom is -0.496 e. The Kier molecular flexibility index (Phi) is 2.84. The number of hydrogen-bond donors (Lipinski definition) is 0. The largest absolute Gasteiger partial charge is 0.496 e. The molecule has 0 aliphatic rings. The van der Waals surface area contributed by atoms with Gasteiger partial charge in [-0.1, -0.05) is 12.7 Å². The Hall–Kier alpha value is -1.45. The van der Waals surface area contributed by atoms with E-state index in [0.717, 1.165) is 12.1 Å². The van der Waals surface area contributed by atoms with Crippen LogP contribution in [0.3, 0.4) is 0 Å². The van der Waals surface area contributed by atoms with Gasteiger partial charge in [0.2, 0.25) is 0 Å². The molecule has 4 heteroatoms. The van der Waals surface area contributed by atoms with Crippen LogP contribution in [0.2, 0.25) is 0 Å². The molecule has 0 bridgehead atoms. The van der Waals surface area contributed by atoms with Crippen molar-refractivity contribution >= 4 is 6.08 Å². The molecule has 0 aliphatic carbocycles. The minimum atomic E-state index is -4.33. The lowest BCUT2D eigenvalue weighted by Gasteiger charge is -2.10. The molecule has 0 N–H and O–H groups in total. The monoisotopic (exact) mass is 202 g/mol. The van der Waals surface area contributed by atoms with Crippen molar-refractivity contribution in [2.24, 2.45) is 0 Å². The highest BCUT2D eigenvalue weighted by Crippen LogP contribution is 2.32. The quantitative estimate of drug-likeness (QED) is 0.714. The van der Waals surface area contributed by atoms with Crippen LogP contribution in [0.4, 0.5) is 13.2 Å². The lowest BCUT2D eigenvalue weighted by atomic mass is 10.1. The van der Waals surface area contributed by atoms with Gasteiger partial charge >= 0.3 is 6.18 Å². The Labute approximate surface area is 79.8 Å². The predicted molar refractivity (Wildman–Crippen MR) is 48.1 cm³/mol. The molecular weight excluding hydrogens is 193 g/mol. The van der Waals surface area contributed by atoms with Crippen LogP contribution < -0.4 is 4.74 Å².